The number of anilines is 1. The van der Waals surface area contributed by atoms with Crippen LogP contribution in [0.15, 0.2) is 23.1 Å². The van der Waals surface area contributed by atoms with Crippen LogP contribution in [0.1, 0.15) is 20.8 Å². The molecule has 0 bridgehead atoms. The topological polar surface area (TPSA) is 101 Å². The van der Waals surface area contributed by atoms with Gasteiger partial charge in [0.15, 0.2) is 0 Å². The van der Waals surface area contributed by atoms with Crippen LogP contribution in [-0.2, 0) is 10.0 Å². The molecule has 6 nitrogen and oxygen atoms in total. The summed E-state index contributed by atoms with van der Waals surface area (Å²) in [6.07, 6.45) is 0. The number of urea groups is 1. The maximum atomic E-state index is 13.1. The van der Waals surface area contributed by atoms with Crippen molar-refractivity contribution < 1.29 is 17.6 Å². The molecule has 0 heterocycles. The van der Waals surface area contributed by atoms with Crippen molar-refractivity contribution in [2.75, 3.05) is 5.32 Å². The SMILES string of the molecule is CC(C)(C)NC(=O)Nc1cc(F)ccc1S(N)(=O)=O. The van der Waals surface area contributed by atoms with E-state index in [9.17, 15) is 17.6 Å². The summed E-state index contributed by atoms with van der Waals surface area (Å²) in [7, 11) is -4.05. The van der Waals surface area contributed by atoms with Crippen molar-refractivity contribution in [2.24, 2.45) is 5.14 Å². The molecule has 0 fully saturated rings. The third-order valence-electron chi connectivity index (χ3n) is 1.98. The van der Waals surface area contributed by atoms with Gasteiger partial charge in [0.05, 0.1) is 5.69 Å². The molecule has 0 aliphatic heterocycles. The van der Waals surface area contributed by atoms with Crippen molar-refractivity contribution in [3.05, 3.63) is 24.0 Å². The number of nitrogens with two attached hydrogens (primary N) is 1. The van der Waals surface area contributed by atoms with Gasteiger partial charge in [-0.1, -0.05) is 0 Å². The van der Waals surface area contributed by atoms with Crippen LogP contribution in [-0.4, -0.2) is 20.0 Å². The van der Waals surface area contributed by atoms with E-state index in [0.29, 0.717) is 0 Å². The molecular formula is C11H16FN3O3S. The molecule has 0 spiro atoms. The van der Waals surface area contributed by atoms with E-state index in [1.807, 2.05) is 0 Å². The first-order chi connectivity index (χ1) is 8.49. The highest BCUT2D eigenvalue weighted by atomic mass is 32.2. The summed E-state index contributed by atoms with van der Waals surface area (Å²) >= 11 is 0. The molecule has 0 aliphatic carbocycles. The summed E-state index contributed by atoms with van der Waals surface area (Å²) in [5.41, 5.74) is -0.719. The smallest absolute Gasteiger partial charge is 0.319 e. The van der Waals surface area contributed by atoms with Crippen molar-refractivity contribution in [2.45, 2.75) is 31.2 Å². The van der Waals surface area contributed by atoms with Crippen LogP contribution in [0.25, 0.3) is 0 Å². The maximum Gasteiger partial charge on any atom is 0.319 e. The number of benzene rings is 1. The van der Waals surface area contributed by atoms with Gasteiger partial charge >= 0.3 is 6.03 Å². The number of nitrogens with one attached hydrogen (secondary N) is 2. The van der Waals surface area contributed by atoms with E-state index < -0.39 is 27.4 Å². The first-order valence-electron chi connectivity index (χ1n) is 5.40. The lowest BCUT2D eigenvalue weighted by molar-refractivity contribution is 0.243. The molecule has 1 aromatic rings. The van der Waals surface area contributed by atoms with Gasteiger partial charge in [0.1, 0.15) is 10.7 Å². The third-order valence-corrected chi connectivity index (χ3v) is 2.95. The fourth-order valence-electron chi connectivity index (χ4n) is 1.34. The van der Waals surface area contributed by atoms with E-state index in [0.717, 1.165) is 18.2 Å². The minimum Gasteiger partial charge on any atom is -0.333 e. The molecule has 0 radical (unpaired) electrons. The normalized spacial score (nSPS) is 12.1. The molecule has 4 N–H and O–H groups in total. The minimum absolute atomic E-state index is 0.204. The van der Waals surface area contributed by atoms with Crippen LogP contribution >= 0.6 is 0 Å². The predicted octanol–water partition coefficient (Wildman–Crippen LogP) is 1.39. The van der Waals surface area contributed by atoms with Crippen molar-refractivity contribution in [1.29, 1.82) is 0 Å². The van der Waals surface area contributed by atoms with Crippen molar-refractivity contribution in [3.8, 4) is 0 Å². The quantitative estimate of drug-likeness (QED) is 0.766. The maximum absolute atomic E-state index is 13.1. The number of sulfonamides is 1. The van der Waals surface area contributed by atoms with Crippen LogP contribution in [0.3, 0.4) is 0 Å². The molecule has 0 aliphatic rings. The van der Waals surface area contributed by atoms with Crippen LogP contribution in [0.4, 0.5) is 14.9 Å². The van der Waals surface area contributed by atoms with E-state index in [1.165, 1.54) is 0 Å². The average Bonchev–Trinajstić information content (AvgIpc) is 2.11. The highest BCUT2D eigenvalue weighted by molar-refractivity contribution is 7.89. The van der Waals surface area contributed by atoms with Gasteiger partial charge in [0, 0.05) is 5.54 Å². The highest BCUT2D eigenvalue weighted by Crippen LogP contribution is 2.21. The van der Waals surface area contributed by atoms with Gasteiger partial charge in [0.2, 0.25) is 10.0 Å². The average molecular weight is 289 g/mol. The second-order valence-electron chi connectivity index (χ2n) is 5.01. The predicted molar refractivity (Wildman–Crippen MR) is 69.7 cm³/mol. The molecule has 0 unspecified atom stereocenters. The van der Waals surface area contributed by atoms with Gasteiger partial charge < -0.3 is 10.6 Å². The highest BCUT2D eigenvalue weighted by Gasteiger charge is 2.19. The van der Waals surface area contributed by atoms with Crippen molar-refractivity contribution in [3.63, 3.8) is 0 Å². The largest absolute Gasteiger partial charge is 0.333 e. The Morgan fingerprint density at radius 3 is 2.37 bits per heavy atom. The van der Waals surface area contributed by atoms with Gasteiger partial charge in [-0.2, -0.15) is 0 Å². The Morgan fingerprint density at radius 1 is 1.32 bits per heavy atom. The number of amides is 2. The second-order valence-corrected chi connectivity index (χ2v) is 6.54. The molecule has 19 heavy (non-hydrogen) atoms. The van der Waals surface area contributed by atoms with Crippen LogP contribution in [0.5, 0.6) is 0 Å². The third kappa shape index (κ3) is 4.84. The number of rotatable bonds is 2. The molecule has 1 rings (SSSR count). The molecule has 1 aromatic carbocycles. The molecule has 0 saturated heterocycles. The minimum atomic E-state index is -4.05. The molecule has 0 aromatic heterocycles. The van der Waals surface area contributed by atoms with Crippen LogP contribution in [0.2, 0.25) is 0 Å². The number of carbonyl (C=O) groups excluding carboxylic acids is 1. The van der Waals surface area contributed by atoms with E-state index >= 15 is 0 Å². The Balaban J connectivity index is 3.07. The summed E-state index contributed by atoms with van der Waals surface area (Å²) in [5, 5.41) is 9.81. The van der Waals surface area contributed by atoms with Gasteiger partial charge in [-0.25, -0.2) is 22.7 Å². The molecule has 0 saturated carbocycles. The standard InChI is InChI=1S/C11H16FN3O3S/c1-11(2,3)15-10(16)14-8-6-7(12)4-5-9(8)19(13,17)18/h4-6H,1-3H3,(H2,13,17,18)(H2,14,15,16). The zero-order chi connectivity index (χ0) is 14.8. The molecule has 0 atom stereocenters. The second kappa shape index (κ2) is 5.14. The summed E-state index contributed by atoms with van der Waals surface area (Å²) in [6.45, 7) is 5.25. The lowest BCUT2D eigenvalue weighted by Crippen LogP contribution is -2.43. The van der Waals surface area contributed by atoms with Gasteiger partial charge in [-0.3, -0.25) is 0 Å². The van der Waals surface area contributed by atoms with Crippen LogP contribution in [0, 0.1) is 5.82 Å². The lowest BCUT2D eigenvalue weighted by Gasteiger charge is -2.21. The van der Waals surface area contributed by atoms with Crippen molar-refractivity contribution >= 4 is 21.7 Å². The van der Waals surface area contributed by atoms with E-state index in [-0.39, 0.29) is 10.6 Å². The molecule has 106 valence electrons. The fraction of sp³-hybridized carbons (Fsp3) is 0.364. The number of carbonyl (C=O) groups is 1. The Kier molecular flexibility index (Phi) is 4.16. The van der Waals surface area contributed by atoms with E-state index in [4.69, 9.17) is 5.14 Å². The Labute approximate surface area is 111 Å². The first-order valence-corrected chi connectivity index (χ1v) is 6.95. The lowest BCUT2D eigenvalue weighted by atomic mass is 10.1. The zero-order valence-electron chi connectivity index (χ0n) is 10.8. The fourth-order valence-corrected chi connectivity index (χ4v) is 2.02. The molecule has 2 amide bonds. The summed E-state index contributed by atoms with van der Waals surface area (Å²) in [5.74, 6) is -0.682. The Hall–Kier alpha value is -1.67. The van der Waals surface area contributed by atoms with E-state index in [1.54, 1.807) is 20.8 Å². The summed E-state index contributed by atoms with van der Waals surface area (Å²) < 4.78 is 35.7. The monoisotopic (exact) mass is 289 g/mol. The van der Waals surface area contributed by atoms with Crippen LogP contribution < -0.4 is 15.8 Å². The number of hydrogen-bond donors (Lipinski definition) is 3. The summed E-state index contributed by atoms with van der Waals surface area (Å²) in [4.78, 5) is 11.3. The summed E-state index contributed by atoms with van der Waals surface area (Å²) in [6, 6.07) is 2.19. The number of primary sulfonamides is 1. The van der Waals surface area contributed by atoms with Gasteiger partial charge in [-0.05, 0) is 39.0 Å². The zero-order valence-corrected chi connectivity index (χ0v) is 11.6. The molecule has 8 heteroatoms. The first kappa shape index (κ1) is 15.4. The number of hydrogen-bond acceptors (Lipinski definition) is 3. The Bertz CT molecular complexity index is 594. The van der Waals surface area contributed by atoms with Crippen molar-refractivity contribution in [1.82, 2.24) is 5.32 Å². The van der Waals surface area contributed by atoms with Gasteiger partial charge in [-0.15, -0.1) is 0 Å². The van der Waals surface area contributed by atoms with Gasteiger partial charge in [0.25, 0.3) is 0 Å². The number of halogens is 1. The Morgan fingerprint density at radius 2 is 1.89 bits per heavy atom. The molecular weight excluding hydrogens is 273 g/mol. The van der Waals surface area contributed by atoms with E-state index in [2.05, 4.69) is 10.6 Å².